The van der Waals surface area contributed by atoms with Gasteiger partial charge in [0.15, 0.2) is 0 Å². The van der Waals surface area contributed by atoms with E-state index in [0.29, 0.717) is 13.2 Å². The molecule has 1 aromatic carbocycles. The smallest absolute Gasteiger partial charge is 0.278 e. The lowest BCUT2D eigenvalue weighted by Gasteiger charge is -2.23. The number of hydrogen-bond acceptors (Lipinski definition) is 4. The largest absolute Gasteiger partial charge is 0.507 e. The van der Waals surface area contributed by atoms with E-state index in [1.807, 2.05) is 0 Å². The first-order valence-electron chi connectivity index (χ1n) is 6.15. The molecule has 0 saturated carbocycles. The van der Waals surface area contributed by atoms with Gasteiger partial charge in [0, 0.05) is 6.61 Å². The summed E-state index contributed by atoms with van der Waals surface area (Å²) in [5, 5.41) is 13.7. The molecule has 0 spiro atoms. The van der Waals surface area contributed by atoms with Crippen molar-refractivity contribution >= 4 is 10.8 Å². The van der Waals surface area contributed by atoms with Gasteiger partial charge in [0.25, 0.3) is 5.56 Å². The van der Waals surface area contributed by atoms with Gasteiger partial charge in [-0.05, 0) is 25.0 Å². The Morgan fingerprint density at radius 3 is 3.05 bits per heavy atom. The van der Waals surface area contributed by atoms with E-state index >= 15 is 0 Å². The van der Waals surface area contributed by atoms with Crippen LogP contribution in [-0.4, -0.2) is 28.1 Å². The predicted molar refractivity (Wildman–Crippen MR) is 66.7 cm³/mol. The highest BCUT2D eigenvalue weighted by Gasteiger charge is 2.20. The van der Waals surface area contributed by atoms with Crippen molar-refractivity contribution in [3.8, 4) is 5.75 Å². The molecular weight excluding hydrogens is 251 g/mol. The SMILES string of the molecule is O=c1c2c(F)ccc(O)c2cnn1C1CCCOC1. The van der Waals surface area contributed by atoms with E-state index in [1.54, 1.807) is 0 Å². The van der Waals surface area contributed by atoms with Crippen molar-refractivity contribution in [2.75, 3.05) is 13.2 Å². The highest BCUT2D eigenvalue weighted by Crippen LogP contribution is 2.24. The molecule has 1 atom stereocenters. The fraction of sp³-hybridized carbons (Fsp3) is 0.385. The lowest BCUT2D eigenvalue weighted by molar-refractivity contribution is 0.0533. The van der Waals surface area contributed by atoms with Crippen LogP contribution in [0, 0.1) is 5.82 Å². The molecule has 19 heavy (non-hydrogen) atoms. The number of halogens is 1. The summed E-state index contributed by atoms with van der Waals surface area (Å²) in [7, 11) is 0. The minimum Gasteiger partial charge on any atom is -0.507 e. The maximum Gasteiger partial charge on any atom is 0.278 e. The maximum atomic E-state index is 13.8. The average Bonchev–Trinajstić information content (AvgIpc) is 2.44. The summed E-state index contributed by atoms with van der Waals surface area (Å²) < 4.78 is 20.4. The summed E-state index contributed by atoms with van der Waals surface area (Å²) >= 11 is 0. The number of phenolic OH excluding ortho intramolecular Hbond substituents is 1. The van der Waals surface area contributed by atoms with Crippen LogP contribution in [0.2, 0.25) is 0 Å². The second-order valence-corrected chi connectivity index (χ2v) is 4.62. The number of phenols is 1. The minimum atomic E-state index is -0.648. The van der Waals surface area contributed by atoms with Crippen molar-refractivity contribution < 1.29 is 14.2 Å². The molecule has 6 heteroatoms. The van der Waals surface area contributed by atoms with Gasteiger partial charge in [-0.3, -0.25) is 4.79 Å². The molecule has 0 amide bonds. The highest BCUT2D eigenvalue weighted by atomic mass is 19.1. The summed E-state index contributed by atoms with van der Waals surface area (Å²) in [6.07, 6.45) is 2.95. The summed E-state index contributed by atoms with van der Waals surface area (Å²) in [6.45, 7) is 1.08. The molecule has 2 aromatic rings. The van der Waals surface area contributed by atoms with Gasteiger partial charge in [-0.25, -0.2) is 9.07 Å². The molecule has 2 heterocycles. The number of aromatic nitrogens is 2. The van der Waals surface area contributed by atoms with Crippen LogP contribution in [0.15, 0.2) is 23.1 Å². The number of ether oxygens (including phenoxy) is 1. The van der Waals surface area contributed by atoms with Gasteiger partial charge < -0.3 is 9.84 Å². The molecule has 1 N–H and O–H groups in total. The zero-order valence-electron chi connectivity index (χ0n) is 10.2. The molecule has 1 saturated heterocycles. The standard InChI is InChI=1S/C13H13FN2O3/c14-10-3-4-11(17)9-6-15-16(13(18)12(9)10)8-2-1-5-19-7-8/h3-4,6,8,17H,1-2,5,7H2. The lowest BCUT2D eigenvalue weighted by Crippen LogP contribution is -2.32. The molecular formula is C13H13FN2O3. The molecule has 1 aliphatic heterocycles. The Balaban J connectivity index is 2.20. The molecule has 0 aliphatic carbocycles. The zero-order chi connectivity index (χ0) is 13.4. The second kappa shape index (κ2) is 4.62. The molecule has 5 nitrogen and oxygen atoms in total. The molecule has 1 aliphatic rings. The van der Waals surface area contributed by atoms with Crippen LogP contribution in [0.1, 0.15) is 18.9 Å². The third-order valence-electron chi connectivity index (χ3n) is 3.39. The van der Waals surface area contributed by atoms with Crippen LogP contribution in [0.5, 0.6) is 5.75 Å². The fourth-order valence-electron chi connectivity index (χ4n) is 2.39. The van der Waals surface area contributed by atoms with Gasteiger partial charge in [-0.2, -0.15) is 5.10 Å². The number of benzene rings is 1. The third-order valence-corrected chi connectivity index (χ3v) is 3.39. The van der Waals surface area contributed by atoms with E-state index < -0.39 is 11.4 Å². The second-order valence-electron chi connectivity index (χ2n) is 4.62. The Hall–Kier alpha value is -1.95. The molecule has 0 bridgehead atoms. The minimum absolute atomic E-state index is 0.124. The highest BCUT2D eigenvalue weighted by molar-refractivity contribution is 5.86. The first kappa shape index (κ1) is 12.1. The van der Waals surface area contributed by atoms with Crippen LogP contribution in [-0.2, 0) is 4.74 Å². The van der Waals surface area contributed by atoms with Gasteiger partial charge in [0.1, 0.15) is 11.6 Å². The predicted octanol–water partition coefficient (Wildman–Crippen LogP) is 1.59. The zero-order valence-corrected chi connectivity index (χ0v) is 10.2. The molecule has 1 unspecified atom stereocenters. The van der Waals surface area contributed by atoms with Crippen molar-refractivity contribution in [3.05, 3.63) is 34.5 Å². The van der Waals surface area contributed by atoms with Crippen molar-refractivity contribution in [1.29, 1.82) is 0 Å². The maximum absolute atomic E-state index is 13.8. The molecule has 1 aromatic heterocycles. The van der Waals surface area contributed by atoms with E-state index in [9.17, 15) is 14.3 Å². The van der Waals surface area contributed by atoms with Crippen molar-refractivity contribution in [2.24, 2.45) is 0 Å². The van der Waals surface area contributed by atoms with Crippen molar-refractivity contribution in [2.45, 2.75) is 18.9 Å². The number of rotatable bonds is 1. The van der Waals surface area contributed by atoms with E-state index in [0.717, 1.165) is 18.9 Å². The molecule has 3 rings (SSSR count). The third kappa shape index (κ3) is 1.98. The molecule has 1 fully saturated rings. The van der Waals surface area contributed by atoms with E-state index in [-0.39, 0.29) is 22.6 Å². The normalized spacial score (nSPS) is 19.7. The van der Waals surface area contributed by atoms with Gasteiger partial charge in [-0.15, -0.1) is 0 Å². The monoisotopic (exact) mass is 264 g/mol. The van der Waals surface area contributed by atoms with E-state index in [4.69, 9.17) is 4.74 Å². The average molecular weight is 264 g/mol. The fourth-order valence-corrected chi connectivity index (χ4v) is 2.39. The Labute approximate surface area is 108 Å². The van der Waals surface area contributed by atoms with Gasteiger partial charge >= 0.3 is 0 Å². The molecule has 0 radical (unpaired) electrons. The summed E-state index contributed by atoms with van der Waals surface area (Å²) in [4.78, 5) is 12.3. The van der Waals surface area contributed by atoms with Crippen LogP contribution in [0.3, 0.4) is 0 Å². The Bertz CT molecular complexity index is 677. The summed E-state index contributed by atoms with van der Waals surface area (Å²) in [5.41, 5.74) is -0.526. The van der Waals surface area contributed by atoms with Gasteiger partial charge in [-0.1, -0.05) is 0 Å². The van der Waals surface area contributed by atoms with Crippen LogP contribution in [0.25, 0.3) is 10.8 Å². The lowest BCUT2D eigenvalue weighted by atomic mass is 10.1. The topological polar surface area (TPSA) is 64.3 Å². The van der Waals surface area contributed by atoms with Crippen molar-refractivity contribution in [3.63, 3.8) is 0 Å². The number of fused-ring (bicyclic) bond motifs is 1. The Morgan fingerprint density at radius 1 is 1.47 bits per heavy atom. The van der Waals surface area contributed by atoms with Crippen LogP contribution < -0.4 is 5.56 Å². The number of hydrogen-bond donors (Lipinski definition) is 1. The molecule has 100 valence electrons. The van der Waals surface area contributed by atoms with Crippen LogP contribution in [0.4, 0.5) is 4.39 Å². The summed E-state index contributed by atoms with van der Waals surface area (Å²) in [5.74, 6) is -0.793. The first-order valence-corrected chi connectivity index (χ1v) is 6.15. The Morgan fingerprint density at radius 2 is 2.32 bits per heavy atom. The van der Waals surface area contributed by atoms with Gasteiger partial charge in [0.05, 0.1) is 29.6 Å². The Kier molecular flexibility index (Phi) is 2.94. The number of nitrogens with zero attached hydrogens (tertiary/aromatic N) is 2. The van der Waals surface area contributed by atoms with Crippen molar-refractivity contribution in [1.82, 2.24) is 9.78 Å². The first-order chi connectivity index (χ1) is 9.18. The quantitative estimate of drug-likeness (QED) is 0.849. The van der Waals surface area contributed by atoms with Gasteiger partial charge in [0.2, 0.25) is 0 Å². The number of aromatic hydroxyl groups is 1. The summed E-state index contributed by atoms with van der Waals surface area (Å²) in [6, 6.07) is 2.13. The van der Waals surface area contributed by atoms with Crippen LogP contribution >= 0.6 is 0 Å². The van der Waals surface area contributed by atoms with E-state index in [2.05, 4.69) is 5.10 Å². The van der Waals surface area contributed by atoms with E-state index in [1.165, 1.54) is 16.9 Å².